The van der Waals surface area contributed by atoms with E-state index in [2.05, 4.69) is 4.98 Å². The molecule has 1 heterocycles. The van der Waals surface area contributed by atoms with E-state index in [1.54, 1.807) is 6.20 Å². The maximum atomic E-state index is 13.7. The van der Waals surface area contributed by atoms with Gasteiger partial charge in [0.05, 0.1) is 0 Å². The lowest BCUT2D eigenvalue weighted by Crippen LogP contribution is -2.07. The van der Waals surface area contributed by atoms with Gasteiger partial charge in [-0.3, -0.25) is 4.98 Å². The Kier molecular flexibility index (Phi) is 2.63. The van der Waals surface area contributed by atoms with Gasteiger partial charge in [-0.15, -0.1) is 0 Å². The third-order valence-electron chi connectivity index (χ3n) is 3.55. The number of hydrogen-bond acceptors (Lipinski definition) is 2. The first kappa shape index (κ1) is 11.4. The molecule has 2 aromatic rings. The molecule has 0 radical (unpaired) electrons. The van der Waals surface area contributed by atoms with E-state index in [1.165, 1.54) is 0 Å². The number of rotatable bonds is 1. The molecule has 92 valence electrons. The van der Waals surface area contributed by atoms with Gasteiger partial charge in [0.2, 0.25) is 0 Å². The summed E-state index contributed by atoms with van der Waals surface area (Å²) in [4.78, 5) is 4.29. The van der Waals surface area contributed by atoms with Gasteiger partial charge in [-0.1, -0.05) is 30.3 Å². The Balaban J connectivity index is 2.21. The molecule has 1 aromatic carbocycles. The van der Waals surface area contributed by atoms with Crippen LogP contribution in [-0.2, 0) is 6.42 Å². The second-order valence-corrected chi connectivity index (χ2v) is 4.68. The van der Waals surface area contributed by atoms with Crippen LogP contribution in [0.15, 0.2) is 36.5 Å². The van der Waals surface area contributed by atoms with Crippen LogP contribution in [0.2, 0.25) is 0 Å². The summed E-state index contributed by atoms with van der Waals surface area (Å²) in [6.45, 7) is 1.81. The molecular weight excluding hydrogens is 229 g/mol. The normalized spacial score (nSPS) is 21.9. The number of aliphatic hydroxyl groups excluding tert-OH is 1. The Morgan fingerprint density at radius 3 is 2.72 bits per heavy atom. The number of hydrogen-bond donors (Lipinski definition) is 1. The molecule has 0 bridgehead atoms. The molecule has 1 aliphatic carbocycles. The smallest absolute Gasteiger partial charge is 0.134 e. The number of nitrogens with zero attached hydrogens (tertiary/aromatic N) is 1. The van der Waals surface area contributed by atoms with Gasteiger partial charge < -0.3 is 5.11 Å². The SMILES string of the molecule is Cc1ncc(-c2ccccc2)c2c1C(O)C(F)C2. The maximum absolute atomic E-state index is 13.7. The third-order valence-corrected chi connectivity index (χ3v) is 3.55. The summed E-state index contributed by atoms with van der Waals surface area (Å²) in [7, 11) is 0. The molecule has 0 aliphatic heterocycles. The van der Waals surface area contributed by atoms with Crippen molar-refractivity contribution in [2.75, 3.05) is 0 Å². The highest BCUT2D eigenvalue weighted by atomic mass is 19.1. The molecule has 3 heteroatoms. The number of alkyl halides is 1. The first-order chi connectivity index (χ1) is 8.68. The maximum Gasteiger partial charge on any atom is 0.134 e. The Hall–Kier alpha value is -1.74. The van der Waals surface area contributed by atoms with Crippen molar-refractivity contribution in [3.63, 3.8) is 0 Å². The summed E-state index contributed by atoms with van der Waals surface area (Å²) in [6, 6.07) is 9.78. The molecule has 0 fully saturated rings. The minimum atomic E-state index is -1.22. The minimum absolute atomic E-state index is 0.268. The molecule has 18 heavy (non-hydrogen) atoms. The molecule has 0 spiro atoms. The van der Waals surface area contributed by atoms with Crippen molar-refractivity contribution >= 4 is 0 Å². The summed E-state index contributed by atoms with van der Waals surface area (Å²) < 4.78 is 13.7. The lowest BCUT2D eigenvalue weighted by atomic mass is 9.98. The highest BCUT2D eigenvalue weighted by Gasteiger charge is 2.34. The molecule has 0 saturated heterocycles. The summed E-state index contributed by atoms with van der Waals surface area (Å²) >= 11 is 0. The monoisotopic (exact) mass is 243 g/mol. The van der Waals surface area contributed by atoms with Crippen LogP contribution in [0.1, 0.15) is 22.9 Å². The van der Waals surface area contributed by atoms with E-state index < -0.39 is 12.3 Å². The molecule has 3 rings (SSSR count). The van der Waals surface area contributed by atoms with Gasteiger partial charge in [0.15, 0.2) is 0 Å². The highest BCUT2D eigenvalue weighted by molar-refractivity contribution is 5.69. The van der Waals surface area contributed by atoms with E-state index in [-0.39, 0.29) is 6.42 Å². The van der Waals surface area contributed by atoms with Crippen molar-refractivity contribution in [2.24, 2.45) is 0 Å². The predicted octanol–water partition coefficient (Wildman–Crippen LogP) is 2.98. The van der Waals surface area contributed by atoms with Gasteiger partial charge in [0, 0.05) is 29.4 Å². The van der Waals surface area contributed by atoms with Crippen LogP contribution < -0.4 is 0 Å². The van der Waals surface area contributed by atoms with Crippen molar-refractivity contribution < 1.29 is 9.50 Å². The zero-order valence-corrected chi connectivity index (χ0v) is 10.1. The fourth-order valence-corrected chi connectivity index (χ4v) is 2.64. The number of aryl methyl sites for hydroxylation is 1. The molecule has 1 aromatic heterocycles. The largest absolute Gasteiger partial charge is 0.385 e. The van der Waals surface area contributed by atoms with E-state index in [9.17, 15) is 9.50 Å². The highest BCUT2D eigenvalue weighted by Crippen LogP contribution is 2.40. The number of pyridine rings is 1. The van der Waals surface area contributed by atoms with Gasteiger partial charge in [-0.05, 0) is 18.1 Å². The zero-order valence-electron chi connectivity index (χ0n) is 10.1. The lowest BCUT2D eigenvalue weighted by Gasteiger charge is -2.11. The van der Waals surface area contributed by atoms with Crippen LogP contribution in [-0.4, -0.2) is 16.3 Å². The summed E-state index contributed by atoms with van der Waals surface area (Å²) in [5, 5.41) is 9.89. The predicted molar refractivity (Wildman–Crippen MR) is 68.0 cm³/mol. The van der Waals surface area contributed by atoms with Gasteiger partial charge in [-0.2, -0.15) is 0 Å². The standard InChI is InChI=1S/C15H14FNO/c1-9-14-11(7-13(16)15(14)18)12(8-17-9)10-5-3-2-4-6-10/h2-6,8,13,15,18H,7H2,1H3. The van der Waals surface area contributed by atoms with E-state index in [4.69, 9.17) is 0 Å². The molecule has 2 nitrogen and oxygen atoms in total. The van der Waals surface area contributed by atoms with Crippen LogP contribution in [0.3, 0.4) is 0 Å². The Bertz CT molecular complexity index is 583. The van der Waals surface area contributed by atoms with Crippen LogP contribution in [0.5, 0.6) is 0 Å². The van der Waals surface area contributed by atoms with Crippen LogP contribution >= 0.6 is 0 Å². The van der Waals surface area contributed by atoms with E-state index in [1.807, 2.05) is 37.3 Å². The topological polar surface area (TPSA) is 33.1 Å². The van der Waals surface area contributed by atoms with Crippen molar-refractivity contribution in [1.29, 1.82) is 0 Å². The van der Waals surface area contributed by atoms with E-state index in [0.29, 0.717) is 5.56 Å². The minimum Gasteiger partial charge on any atom is -0.385 e. The van der Waals surface area contributed by atoms with Crippen LogP contribution in [0.25, 0.3) is 11.1 Å². The second kappa shape index (κ2) is 4.18. The molecule has 0 saturated carbocycles. The van der Waals surface area contributed by atoms with Crippen molar-refractivity contribution in [1.82, 2.24) is 4.98 Å². The Morgan fingerprint density at radius 2 is 2.00 bits per heavy atom. The molecule has 2 unspecified atom stereocenters. The van der Waals surface area contributed by atoms with Crippen molar-refractivity contribution in [2.45, 2.75) is 25.6 Å². The first-order valence-corrected chi connectivity index (χ1v) is 6.04. The fraction of sp³-hybridized carbons (Fsp3) is 0.267. The molecule has 1 N–H and O–H groups in total. The van der Waals surface area contributed by atoms with Gasteiger partial charge in [-0.25, -0.2) is 4.39 Å². The zero-order chi connectivity index (χ0) is 12.7. The van der Waals surface area contributed by atoms with Gasteiger partial charge >= 0.3 is 0 Å². The van der Waals surface area contributed by atoms with E-state index in [0.717, 1.165) is 22.4 Å². The molecule has 1 aliphatic rings. The first-order valence-electron chi connectivity index (χ1n) is 6.04. The van der Waals surface area contributed by atoms with Crippen LogP contribution in [0, 0.1) is 6.92 Å². The second-order valence-electron chi connectivity index (χ2n) is 4.68. The molecular formula is C15H14FNO. The molecule has 0 amide bonds. The number of aromatic nitrogens is 1. The number of fused-ring (bicyclic) bond motifs is 1. The lowest BCUT2D eigenvalue weighted by molar-refractivity contribution is 0.0919. The van der Waals surface area contributed by atoms with Gasteiger partial charge in [0.25, 0.3) is 0 Å². The van der Waals surface area contributed by atoms with Crippen LogP contribution in [0.4, 0.5) is 4.39 Å². The van der Waals surface area contributed by atoms with E-state index >= 15 is 0 Å². The Morgan fingerprint density at radius 1 is 1.28 bits per heavy atom. The van der Waals surface area contributed by atoms with Crippen molar-refractivity contribution in [3.05, 3.63) is 53.3 Å². The molecule has 2 atom stereocenters. The fourth-order valence-electron chi connectivity index (χ4n) is 2.64. The number of benzene rings is 1. The third kappa shape index (κ3) is 1.63. The number of halogens is 1. The average molecular weight is 243 g/mol. The summed E-state index contributed by atoms with van der Waals surface area (Å²) in [6.07, 6.45) is -0.209. The number of aliphatic hydroxyl groups is 1. The van der Waals surface area contributed by atoms with Gasteiger partial charge in [0.1, 0.15) is 12.3 Å². The quantitative estimate of drug-likeness (QED) is 0.835. The summed E-state index contributed by atoms with van der Waals surface area (Å²) in [5.41, 5.74) is 4.23. The van der Waals surface area contributed by atoms with Crippen molar-refractivity contribution in [3.8, 4) is 11.1 Å². The summed E-state index contributed by atoms with van der Waals surface area (Å²) in [5.74, 6) is 0. The average Bonchev–Trinajstić information content (AvgIpc) is 2.68. The Labute approximate surface area is 105 Å².